The van der Waals surface area contributed by atoms with Crippen LogP contribution in [0.15, 0.2) is 23.1 Å². The van der Waals surface area contributed by atoms with E-state index in [4.69, 9.17) is 5.73 Å². The quantitative estimate of drug-likeness (QED) is 0.794. The zero-order valence-corrected chi connectivity index (χ0v) is 11.6. The number of halogens is 1. The third-order valence-corrected chi connectivity index (χ3v) is 4.19. The Balaban J connectivity index is 2.89. The average Bonchev–Trinajstić information content (AvgIpc) is 2.26. The first-order valence-electron chi connectivity index (χ1n) is 5.82. The fourth-order valence-corrected chi connectivity index (χ4v) is 2.64. The predicted molar refractivity (Wildman–Crippen MR) is 70.8 cm³/mol. The minimum atomic E-state index is -3.89. The number of anilines is 1. The molecule has 0 spiro atoms. The molecule has 0 radical (unpaired) electrons. The monoisotopic (exact) mass is 288 g/mol. The molecule has 5 nitrogen and oxygen atoms in total. The average molecular weight is 288 g/mol. The number of carbonyl (C=O) groups is 1. The van der Waals surface area contributed by atoms with E-state index < -0.39 is 27.3 Å². The lowest BCUT2D eigenvalue weighted by Gasteiger charge is -2.11. The summed E-state index contributed by atoms with van der Waals surface area (Å²) in [5.74, 6) is -2.08. The van der Waals surface area contributed by atoms with Crippen LogP contribution in [-0.2, 0) is 14.6 Å². The van der Waals surface area contributed by atoms with Crippen LogP contribution in [0.4, 0.5) is 10.1 Å². The number of nitrogen functional groups attached to an aromatic ring is 1. The van der Waals surface area contributed by atoms with Crippen molar-refractivity contribution >= 4 is 21.4 Å². The molecule has 0 fully saturated rings. The Morgan fingerprint density at radius 1 is 1.42 bits per heavy atom. The molecule has 3 N–H and O–H groups in total. The molecule has 0 saturated carbocycles. The molecule has 0 bridgehead atoms. The third-order valence-electron chi connectivity index (χ3n) is 2.59. The van der Waals surface area contributed by atoms with Crippen molar-refractivity contribution in [3.05, 3.63) is 24.0 Å². The van der Waals surface area contributed by atoms with Gasteiger partial charge >= 0.3 is 0 Å². The maximum absolute atomic E-state index is 13.1. The minimum Gasteiger partial charge on any atom is -0.399 e. The van der Waals surface area contributed by atoms with E-state index in [1.54, 1.807) is 6.92 Å². The van der Waals surface area contributed by atoms with E-state index in [2.05, 4.69) is 5.32 Å². The summed E-state index contributed by atoms with van der Waals surface area (Å²) in [5, 5.41) is 2.54. The molecule has 1 unspecified atom stereocenters. The van der Waals surface area contributed by atoms with E-state index in [1.165, 1.54) is 0 Å². The summed E-state index contributed by atoms with van der Waals surface area (Å²) < 4.78 is 37.0. The Bertz CT molecular complexity index is 552. The second-order valence-electron chi connectivity index (χ2n) is 4.36. The number of benzene rings is 1. The minimum absolute atomic E-state index is 0.000842. The Labute approximate surface area is 111 Å². The summed E-state index contributed by atoms with van der Waals surface area (Å²) in [6, 6.07) is 2.88. The molecule has 0 aliphatic rings. The molecule has 7 heteroatoms. The standard InChI is InChI=1S/C12H17FN2O3S/c1-3-8(2)15-12(16)7-19(17,18)11-5-9(13)4-10(14)6-11/h4-6,8H,3,7,14H2,1-2H3,(H,15,16). The molecule has 1 aromatic carbocycles. The molecular weight excluding hydrogens is 271 g/mol. The number of nitrogens with one attached hydrogen (secondary N) is 1. The molecule has 0 heterocycles. The lowest BCUT2D eigenvalue weighted by molar-refractivity contribution is -0.119. The molecule has 19 heavy (non-hydrogen) atoms. The van der Waals surface area contributed by atoms with Gasteiger partial charge in [-0.15, -0.1) is 0 Å². The summed E-state index contributed by atoms with van der Waals surface area (Å²) in [6.45, 7) is 3.64. The Morgan fingerprint density at radius 2 is 2.05 bits per heavy atom. The Morgan fingerprint density at radius 3 is 2.58 bits per heavy atom. The molecule has 1 aromatic rings. The maximum Gasteiger partial charge on any atom is 0.235 e. The number of carbonyl (C=O) groups excluding carboxylic acids is 1. The molecular formula is C12H17FN2O3S. The summed E-state index contributed by atoms with van der Waals surface area (Å²) in [4.78, 5) is 11.3. The lowest BCUT2D eigenvalue weighted by Crippen LogP contribution is -2.36. The largest absolute Gasteiger partial charge is 0.399 e. The van der Waals surface area contributed by atoms with Gasteiger partial charge in [-0.2, -0.15) is 0 Å². The Hall–Kier alpha value is -1.63. The van der Waals surface area contributed by atoms with Gasteiger partial charge in [0.15, 0.2) is 9.84 Å². The van der Waals surface area contributed by atoms with Crippen LogP contribution in [0.3, 0.4) is 0 Å². The molecule has 1 rings (SSSR count). The van der Waals surface area contributed by atoms with Gasteiger partial charge in [-0.05, 0) is 31.5 Å². The van der Waals surface area contributed by atoms with Gasteiger partial charge in [0.1, 0.15) is 11.6 Å². The second kappa shape index (κ2) is 6.01. The summed E-state index contributed by atoms with van der Waals surface area (Å²) >= 11 is 0. The smallest absolute Gasteiger partial charge is 0.235 e. The first-order valence-corrected chi connectivity index (χ1v) is 7.48. The summed E-state index contributed by atoms with van der Waals surface area (Å²) in [7, 11) is -3.89. The van der Waals surface area contributed by atoms with Crippen molar-refractivity contribution in [3.63, 3.8) is 0 Å². The van der Waals surface area contributed by atoms with E-state index in [-0.39, 0.29) is 16.6 Å². The van der Waals surface area contributed by atoms with Crippen molar-refractivity contribution in [1.29, 1.82) is 0 Å². The van der Waals surface area contributed by atoms with Gasteiger partial charge in [0.25, 0.3) is 0 Å². The van der Waals surface area contributed by atoms with Gasteiger partial charge in [0, 0.05) is 11.7 Å². The molecule has 0 saturated heterocycles. The topological polar surface area (TPSA) is 89.3 Å². The van der Waals surface area contributed by atoms with Gasteiger partial charge < -0.3 is 11.1 Å². The number of hydrogen-bond acceptors (Lipinski definition) is 4. The van der Waals surface area contributed by atoms with Crippen molar-refractivity contribution in [2.24, 2.45) is 0 Å². The molecule has 0 aliphatic heterocycles. The van der Waals surface area contributed by atoms with Gasteiger partial charge in [0.2, 0.25) is 5.91 Å². The molecule has 1 atom stereocenters. The fraction of sp³-hybridized carbons (Fsp3) is 0.417. The Kier molecular flexibility index (Phi) is 4.88. The van der Waals surface area contributed by atoms with Crippen LogP contribution in [0, 0.1) is 5.82 Å². The van der Waals surface area contributed by atoms with Crippen LogP contribution < -0.4 is 11.1 Å². The first kappa shape index (κ1) is 15.4. The first-order chi connectivity index (χ1) is 8.74. The zero-order valence-electron chi connectivity index (χ0n) is 10.8. The van der Waals surface area contributed by atoms with Gasteiger partial charge in [-0.1, -0.05) is 6.92 Å². The van der Waals surface area contributed by atoms with Gasteiger partial charge in [-0.3, -0.25) is 4.79 Å². The number of nitrogens with two attached hydrogens (primary N) is 1. The van der Waals surface area contributed by atoms with Crippen molar-refractivity contribution in [2.75, 3.05) is 11.5 Å². The van der Waals surface area contributed by atoms with Crippen LogP contribution in [-0.4, -0.2) is 26.1 Å². The zero-order chi connectivity index (χ0) is 14.6. The van der Waals surface area contributed by atoms with Crippen molar-refractivity contribution in [3.8, 4) is 0 Å². The SMILES string of the molecule is CCC(C)NC(=O)CS(=O)(=O)c1cc(N)cc(F)c1. The van der Waals surface area contributed by atoms with Crippen LogP contribution in [0.2, 0.25) is 0 Å². The van der Waals surface area contributed by atoms with E-state index >= 15 is 0 Å². The summed E-state index contributed by atoms with van der Waals surface area (Å²) in [6.07, 6.45) is 0.693. The highest BCUT2D eigenvalue weighted by molar-refractivity contribution is 7.92. The number of hydrogen-bond donors (Lipinski definition) is 2. The van der Waals surface area contributed by atoms with Crippen LogP contribution in [0.5, 0.6) is 0 Å². The molecule has 0 aromatic heterocycles. The number of amides is 1. The third kappa shape index (κ3) is 4.51. The van der Waals surface area contributed by atoms with Crippen LogP contribution >= 0.6 is 0 Å². The van der Waals surface area contributed by atoms with E-state index in [1.807, 2.05) is 6.92 Å². The highest BCUT2D eigenvalue weighted by atomic mass is 32.2. The van der Waals surface area contributed by atoms with Crippen LogP contribution in [0.1, 0.15) is 20.3 Å². The van der Waals surface area contributed by atoms with E-state index in [0.29, 0.717) is 6.42 Å². The van der Waals surface area contributed by atoms with Crippen LogP contribution in [0.25, 0.3) is 0 Å². The number of sulfone groups is 1. The van der Waals surface area contributed by atoms with E-state index in [9.17, 15) is 17.6 Å². The fourth-order valence-electron chi connectivity index (χ4n) is 1.44. The van der Waals surface area contributed by atoms with Crippen molar-refractivity contribution in [1.82, 2.24) is 5.32 Å². The summed E-state index contributed by atoms with van der Waals surface area (Å²) in [5.41, 5.74) is 5.39. The van der Waals surface area contributed by atoms with Crippen molar-refractivity contribution < 1.29 is 17.6 Å². The van der Waals surface area contributed by atoms with Gasteiger partial charge in [-0.25, -0.2) is 12.8 Å². The molecule has 106 valence electrons. The van der Waals surface area contributed by atoms with E-state index in [0.717, 1.165) is 18.2 Å². The normalized spacial score (nSPS) is 13.0. The maximum atomic E-state index is 13.1. The highest BCUT2D eigenvalue weighted by Crippen LogP contribution is 2.17. The molecule has 0 aliphatic carbocycles. The van der Waals surface area contributed by atoms with Crippen molar-refractivity contribution in [2.45, 2.75) is 31.2 Å². The number of rotatable bonds is 5. The lowest BCUT2D eigenvalue weighted by atomic mass is 10.3. The molecule has 1 amide bonds. The predicted octanol–water partition coefficient (Wildman–Crippen LogP) is 1.10. The second-order valence-corrected chi connectivity index (χ2v) is 6.35. The van der Waals surface area contributed by atoms with Gasteiger partial charge in [0.05, 0.1) is 4.90 Å². The highest BCUT2D eigenvalue weighted by Gasteiger charge is 2.21.